The summed E-state index contributed by atoms with van der Waals surface area (Å²) in [5.74, 6) is 3.16. The normalized spacial score (nSPS) is 26.7. The van der Waals surface area contributed by atoms with E-state index in [4.69, 9.17) is 4.74 Å². The third-order valence-corrected chi connectivity index (χ3v) is 12.7. The zero-order chi connectivity index (χ0) is 33.5. The van der Waals surface area contributed by atoms with Crippen molar-refractivity contribution in [1.29, 1.82) is 0 Å². The second-order valence-corrected chi connectivity index (χ2v) is 16.2. The van der Waals surface area contributed by atoms with Crippen molar-refractivity contribution in [3.05, 3.63) is 48.6 Å². The van der Waals surface area contributed by atoms with Crippen LogP contribution >= 0.6 is 0 Å². The van der Waals surface area contributed by atoms with E-state index in [1.165, 1.54) is 31.3 Å². The summed E-state index contributed by atoms with van der Waals surface area (Å²) in [7, 11) is 2.00. The molecule has 3 aromatic rings. The molecule has 4 aliphatic heterocycles. The third-order valence-electron chi connectivity index (χ3n) is 12.7. The Balaban J connectivity index is 0.851. The van der Waals surface area contributed by atoms with Gasteiger partial charge in [0.15, 0.2) is 5.82 Å². The summed E-state index contributed by atoms with van der Waals surface area (Å²) in [5.41, 5.74) is 2.67. The highest BCUT2D eigenvalue weighted by molar-refractivity contribution is 5.80. The fraction of sp³-hybridized carbons (Fsp3) is 0.622. The molecule has 49 heavy (non-hydrogen) atoms. The molecule has 4 saturated heterocycles. The summed E-state index contributed by atoms with van der Waals surface area (Å²) < 4.78 is 21.0. The lowest BCUT2D eigenvalue weighted by Crippen LogP contribution is -2.72. The second kappa shape index (κ2) is 11.7. The average molecular weight is 668 g/mol. The number of likely N-dealkylation sites (N-methyl/N-ethyl adjacent to an activating group) is 1. The number of rotatable bonds is 9. The minimum absolute atomic E-state index is 0.111. The molecule has 258 valence electrons. The zero-order valence-electron chi connectivity index (χ0n) is 28.8. The van der Waals surface area contributed by atoms with Crippen molar-refractivity contribution in [3.8, 4) is 22.8 Å². The van der Waals surface area contributed by atoms with Gasteiger partial charge in [-0.15, -0.1) is 10.2 Å². The summed E-state index contributed by atoms with van der Waals surface area (Å²) >= 11 is 0. The monoisotopic (exact) mass is 667 g/mol. The molecule has 0 radical (unpaired) electrons. The fourth-order valence-electron chi connectivity index (χ4n) is 9.83. The van der Waals surface area contributed by atoms with Crippen molar-refractivity contribution >= 4 is 11.7 Å². The van der Waals surface area contributed by atoms with Crippen LogP contribution in [0.3, 0.4) is 0 Å². The van der Waals surface area contributed by atoms with E-state index in [1.54, 1.807) is 18.6 Å². The largest absolute Gasteiger partial charge is 0.434 e. The maximum atomic E-state index is 14.6. The molecule has 0 N–H and O–H groups in total. The van der Waals surface area contributed by atoms with Gasteiger partial charge in [0.1, 0.15) is 24.2 Å². The highest BCUT2D eigenvalue weighted by Crippen LogP contribution is 2.50. The SMILES string of the molecule is CC(C)[C@H](C1CC(N2CC3(CCC(=O)N3C)C2)C1)N1CC2(CCN(c3ncnnc3Oc3ccc(F)cc3-c3cncnc3C3CC3)C2)C1. The Morgan fingerprint density at radius 2 is 1.82 bits per heavy atom. The van der Waals surface area contributed by atoms with Crippen LogP contribution < -0.4 is 9.64 Å². The van der Waals surface area contributed by atoms with Gasteiger partial charge < -0.3 is 14.5 Å². The predicted molar refractivity (Wildman–Crippen MR) is 182 cm³/mol. The van der Waals surface area contributed by atoms with Crippen LogP contribution in [-0.2, 0) is 4.79 Å². The fourth-order valence-corrected chi connectivity index (χ4v) is 9.83. The molecule has 9 rings (SSSR count). The van der Waals surface area contributed by atoms with Gasteiger partial charge in [0.05, 0.1) is 11.2 Å². The van der Waals surface area contributed by atoms with E-state index in [1.807, 2.05) is 11.9 Å². The van der Waals surface area contributed by atoms with Crippen molar-refractivity contribution in [3.63, 3.8) is 0 Å². The minimum Gasteiger partial charge on any atom is -0.434 e. The van der Waals surface area contributed by atoms with Gasteiger partial charge in [-0.05, 0) is 68.6 Å². The molecule has 2 aromatic heterocycles. The number of hydrogen-bond donors (Lipinski definition) is 0. The van der Waals surface area contributed by atoms with Crippen molar-refractivity contribution in [2.24, 2.45) is 17.3 Å². The lowest BCUT2D eigenvalue weighted by atomic mass is 9.67. The van der Waals surface area contributed by atoms with E-state index in [9.17, 15) is 9.18 Å². The van der Waals surface area contributed by atoms with Crippen LogP contribution in [0.1, 0.15) is 70.4 Å². The first-order valence-electron chi connectivity index (χ1n) is 18.2. The van der Waals surface area contributed by atoms with Crippen LogP contribution in [0.25, 0.3) is 11.1 Å². The Bertz CT molecular complexity index is 1750. The molecule has 0 bridgehead atoms. The van der Waals surface area contributed by atoms with Crippen molar-refractivity contribution in [2.45, 2.75) is 82.3 Å². The van der Waals surface area contributed by atoms with E-state index in [0.29, 0.717) is 59.3 Å². The number of carbonyl (C=O) groups excluding carboxylic acids is 1. The molecule has 1 aromatic carbocycles. The van der Waals surface area contributed by atoms with Crippen molar-refractivity contribution in [2.75, 3.05) is 51.2 Å². The number of benzene rings is 1. The van der Waals surface area contributed by atoms with Gasteiger partial charge in [-0.25, -0.2) is 19.3 Å². The van der Waals surface area contributed by atoms with Gasteiger partial charge in [-0.1, -0.05) is 13.8 Å². The third kappa shape index (κ3) is 5.37. The van der Waals surface area contributed by atoms with E-state index >= 15 is 0 Å². The lowest BCUT2D eigenvalue weighted by molar-refractivity contribution is -0.140. The number of likely N-dealkylation sites (tertiary alicyclic amines) is 3. The van der Waals surface area contributed by atoms with Crippen molar-refractivity contribution in [1.82, 2.24) is 39.8 Å². The number of amides is 1. The van der Waals surface area contributed by atoms with Crippen LogP contribution in [-0.4, -0.2) is 110 Å². The van der Waals surface area contributed by atoms with E-state index in [-0.39, 0.29) is 16.8 Å². The zero-order valence-corrected chi connectivity index (χ0v) is 28.8. The van der Waals surface area contributed by atoms with Crippen LogP contribution in [0, 0.1) is 23.1 Å². The van der Waals surface area contributed by atoms with Crippen LogP contribution in [0.2, 0.25) is 0 Å². The van der Waals surface area contributed by atoms with Crippen LogP contribution in [0.5, 0.6) is 11.6 Å². The van der Waals surface area contributed by atoms with Crippen LogP contribution in [0.15, 0.2) is 37.1 Å². The van der Waals surface area contributed by atoms with E-state index in [0.717, 1.165) is 82.1 Å². The summed E-state index contributed by atoms with van der Waals surface area (Å²) in [5, 5.41) is 8.44. The topological polar surface area (TPSA) is 104 Å². The smallest absolute Gasteiger partial charge is 0.282 e. The molecular weight excluding hydrogens is 621 g/mol. The summed E-state index contributed by atoms with van der Waals surface area (Å²) in [4.78, 5) is 35.3. The molecule has 1 amide bonds. The molecule has 2 spiro atoms. The Morgan fingerprint density at radius 3 is 2.55 bits per heavy atom. The van der Waals surface area contributed by atoms with Gasteiger partial charge in [0.2, 0.25) is 5.91 Å². The molecule has 11 nitrogen and oxygen atoms in total. The summed E-state index contributed by atoms with van der Waals surface area (Å²) in [6.07, 6.45) is 12.3. The van der Waals surface area contributed by atoms with Gasteiger partial charge in [-0.3, -0.25) is 14.6 Å². The lowest BCUT2D eigenvalue weighted by Gasteiger charge is -2.61. The Labute approximate surface area is 287 Å². The number of aromatic nitrogens is 5. The first-order chi connectivity index (χ1) is 23.7. The minimum atomic E-state index is -0.345. The highest BCUT2D eigenvalue weighted by atomic mass is 19.1. The maximum absolute atomic E-state index is 14.6. The molecule has 6 heterocycles. The number of ether oxygens (including phenoxy) is 1. The molecule has 6 fully saturated rings. The molecule has 6 aliphatic rings. The summed E-state index contributed by atoms with van der Waals surface area (Å²) in [6.45, 7) is 10.8. The van der Waals surface area contributed by atoms with Gasteiger partial charge in [-0.2, -0.15) is 0 Å². The number of carbonyl (C=O) groups is 1. The number of hydrogen-bond acceptors (Lipinski definition) is 10. The first-order valence-corrected chi connectivity index (χ1v) is 18.2. The van der Waals surface area contributed by atoms with Crippen LogP contribution in [0.4, 0.5) is 10.2 Å². The van der Waals surface area contributed by atoms with E-state index in [2.05, 4.69) is 53.7 Å². The molecule has 2 aliphatic carbocycles. The van der Waals surface area contributed by atoms with Gasteiger partial charge in [0, 0.05) is 93.5 Å². The summed E-state index contributed by atoms with van der Waals surface area (Å²) in [6, 6.07) is 5.80. The van der Waals surface area contributed by atoms with Gasteiger partial charge >= 0.3 is 0 Å². The Hall–Kier alpha value is -3.77. The second-order valence-electron chi connectivity index (χ2n) is 16.2. The molecule has 0 unspecified atom stereocenters. The number of nitrogens with zero attached hydrogens (tertiary/aromatic N) is 9. The molecule has 12 heteroatoms. The predicted octanol–water partition coefficient (Wildman–Crippen LogP) is 4.76. The maximum Gasteiger partial charge on any atom is 0.282 e. The standard InChI is InChI=1S/C37H46FN9O2/c1-23(2)33(25-12-27(13-25)46-19-37(20-46)9-8-31(48)44(37)3)47-17-36(18-47)10-11-45(16-36)34-35(43-42-22-41-34)49-30-7-6-26(38)14-28(30)29-15-39-21-40-32(29)24-4-5-24/h6-7,14-15,21-25,27,33H,4-5,8-13,16-20H2,1-3H3/t25?,27?,33-/m1/s1. The molecule has 1 atom stereocenters. The van der Waals surface area contributed by atoms with Crippen molar-refractivity contribution < 1.29 is 13.9 Å². The van der Waals surface area contributed by atoms with Gasteiger partial charge in [0.25, 0.3) is 5.88 Å². The highest BCUT2D eigenvalue weighted by Gasteiger charge is 2.57. The first kappa shape index (κ1) is 31.2. The average Bonchev–Trinajstić information content (AvgIpc) is 3.73. The Morgan fingerprint density at radius 1 is 1.00 bits per heavy atom. The van der Waals surface area contributed by atoms with E-state index < -0.39 is 0 Å². The number of anilines is 1. The number of halogens is 1. The molecule has 2 saturated carbocycles. The quantitative estimate of drug-likeness (QED) is 0.318. The Kier molecular flexibility index (Phi) is 7.43. The molecular formula is C37H46FN9O2.